The molecule has 0 spiro atoms. The second-order valence-corrected chi connectivity index (χ2v) is 6.40. The van der Waals surface area contributed by atoms with Crippen LogP contribution in [-0.4, -0.2) is 31.4 Å². The number of rotatable bonds is 3. The Morgan fingerprint density at radius 1 is 1.16 bits per heavy atom. The molecule has 5 nitrogen and oxygen atoms in total. The molecule has 2 aromatic heterocycles. The van der Waals surface area contributed by atoms with Crippen LogP contribution in [0.2, 0.25) is 5.02 Å². The Balaban J connectivity index is 1.52. The molecule has 25 heavy (non-hydrogen) atoms. The first-order chi connectivity index (χ1) is 12.2. The van der Waals surface area contributed by atoms with E-state index in [1.165, 1.54) is 18.5 Å². The summed E-state index contributed by atoms with van der Waals surface area (Å²) in [5, 5.41) is 0.460. The van der Waals surface area contributed by atoms with Gasteiger partial charge in [0.15, 0.2) is 5.82 Å². The molecule has 0 bridgehead atoms. The lowest BCUT2D eigenvalue weighted by Gasteiger charge is -2.28. The van der Waals surface area contributed by atoms with Gasteiger partial charge in [0.25, 0.3) is 0 Å². The van der Waals surface area contributed by atoms with Crippen LogP contribution in [0.25, 0.3) is 11.4 Å². The highest BCUT2D eigenvalue weighted by molar-refractivity contribution is 6.31. The van der Waals surface area contributed by atoms with Crippen molar-refractivity contribution in [3.63, 3.8) is 0 Å². The van der Waals surface area contributed by atoms with Crippen LogP contribution in [0.3, 0.4) is 0 Å². The fourth-order valence-electron chi connectivity index (χ4n) is 2.95. The van der Waals surface area contributed by atoms with Crippen molar-refractivity contribution in [2.24, 2.45) is 0 Å². The normalized spacial score (nSPS) is 14.3. The zero-order valence-corrected chi connectivity index (χ0v) is 14.1. The van der Waals surface area contributed by atoms with Crippen LogP contribution >= 0.6 is 11.6 Å². The fraction of sp³-hybridized carbons (Fsp3) is 0.222. The van der Waals surface area contributed by atoms with Crippen LogP contribution in [0, 0.1) is 5.82 Å². The summed E-state index contributed by atoms with van der Waals surface area (Å²) in [6.07, 6.45) is 7.60. The summed E-state index contributed by atoms with van der Waals surface area (Å²) in [7, 11) is 0. The van der Waals surface area contributed by atoms with Gasteiger partial charge in [0.05, 0.1) is 11.3 Å². The molecule has 0 saturated carbocycles. The molecule has 0 fully saturated rings. The number of aromatic nitrogens is 4. The molecule has 7 heteroatoms. The molecule has 3 heterocycles. The largest absolute Gasteiger partial charge is 0.294 e. The second kappa shape index (κ2) is 6.82. The van der Waals surface area contributed by atoms with Crippen molar-refractivity contribution in [1.82, 2.24) is 24.8 Å². The third-order valence-corrected chi connectivity index (χ3v) is 4.59. The number of hydrogen-bond donors (Lipinski definition) is 0. The Labute approximate surface area is 149 Å². The molecule has 0 saturated heterocycles. The first-order valence-corrected chi connectivity index (χ1v) is 8.33. The van der Waals surface area contributed by atoms with Gasteiger partial charge in [0.2, 0.25) is 0 Å². The van der Waals surface area contributed by atoms with Gasteiger partial charge in [0.1, 0.15) is 12.1 Å². The molecule has 0 N–H and O–H groups in total. The average molecular weight is 356 g/mol. The lowest BCUT2D eigenvalue weighted by atomic mass is 10.1. The molecular weight excluding hydrogens is 341 g/mol. The molecule has 3 aromatic rings. The predicted molar refractivity (Wildman–Crippen MR) is 92.3 cm³/mol. The molecule has 4 rings (SSSR count). The lowest BCUT2D eigenvalue weighted by molar-refractivity contribution is 0.243. The van der Waals surface area contributed by atoms with Gasteiger partial charge in [-0.1, -0.05) is 17.7 Å². The summed E-state index contributed by atoms with van der Waals surface area (Å²) in [4.78, 5) is 19.4. The Morgan fingerprint density at radius 3 is 2.80 bits per heavy atom. The zero-order valence-electron chi connectivity index (χ0n) is 13.4. The van der Waals surface area contributed by atoms with Gasteiger partial charge in [-0.25, -0.2) is 24.3 Å². The van der Waals surface area contributed by atoms with E-state index in [0.717, 1.165) is 41.9 Å². The highest BCUT2D eigenvalue weighted by atomic mass is 35.5. The highest BCUT2D eigenvalue weighted by Crippen LogP contribution is 2.24. The monoisotopic (exact) mass is 355 g/mol. The molecule has 0 radical (unpaired) electrons. The van der Waals surface area contributed by atoms with E-state index in [0.29, 0.717) is 17.4 Å². The van der Waals surface area contributed by atoms with Crippen molar-refractivity contribution < 1.29 is 4.39 Å². The maximum Gasteiger partial charge on any atom is 0.162 e. The number of hydrogen-bond acceptors (Lipinski definition) is 5. The third kappa shape index (κ3) is 3.50. The van der Waals surface area contributed by atoms with Crippen molar-refractivity contribution in [3.05, 3.63) is 70.8 Å². The van der Waals surface area contributed by atoms with Gasteiger partial charge in [0, 0.05) is 55.2 Å². The van der Waals surface area contributed by atoms with Gasteiger partial charge in [-0.15, -0.1) is 0 Å². The van der Waals surface area contributed by atoms with E-state index < -0.39 is 0 Å². The highest BCUT2D eigenvalue weighted by Gasteiger charge is 2.19. The Bertz CT molecular complexity index is 903. The first-order valence-electron chi connectivity index (χ1n) is 7.95. The predicted octanol–water partition coefficient (Wildman–Crippen LogP) is 3.28. The molecule has 1 aromatic carbocycles. The van der Waals surface area contributed by atoms with Crippen LogP contribution in [0.4, 0.5) is 4.39 Å². The molecule has 0 amide bonds. The van der Waals surface area contributed by atoms with E-state index in [1.807, 2.05) is 6.20 Å². The summed E-state index contributed by atoms with van der Waals surface area (Å²) in [5.41, 5.74) is 3.89. The van der Waals surface area contributed by atoms with Crippen LogP contribution in [-0.2, 0) is 19.5 Å². The molecule has 0 aliphatic carbocycles. The molecule has 0 unspecified atom stereocenters. The van der Waals surface area contributed by atoms with Crippen molar-refractivity contribution in [2.45, 2.75) is 19.5 Å². The molecule has 0 atom stereocenters. The van der Waals surface area contributed by atoms with Crippen LogP contribution in [0.15, 0.2) is 43.1 Å². The minimum Gasteiger partial charge on any atom is -0.294 e. The minimum absolute atomic E-state index is 0.316. The summed E-state index contributed by atoms with van der Waals surface area (Å²) < 4.78 is 13.2. The average Bonchev–Trinajstić information content (AvgIpc) is 2.64. The van der Waals surface area contributed by atoms with Gasteiger partial charge < -0.3 is 0 Å². The minimum atomic E-state index is -0.316. The Morgan fingerprint density at radius 2 is 2.00 bits per heavy atom. The number of benzene rings is 1. The van der Waals surface area contributed by atoms with Crippen LogP contribution in [0.1, 0.15) is 16.8 Å². The Hall–Kier alpha value is -2.44. The quantitative estimate of drug-likeness (QED) is 0.721. The van der Waals surface area contributed by atoms with Gasteiger partial charge in [-0.05, 0) is 17.7 Å². The standard InChI is InChI=1S/C18H15ClFN5/c19-16-5-15(20)2-1-12(16)9-25-4-3-17-14(10-25)8-23-18(24-17)13-6-21-11-22-7-13/h1-2,5-8,11H,3-4,9-10H2. The first kappa shape index (κ1) is 16.1. The van der Waals surface area contributed by atoms with Crippen molar-refractivity contribution in [2.75, 3.05) is 6.54 Å². The van der Waals surface area contributed by atoms with E-state index in [9.17, 15) is 4.39 Å². The molecule has 1 aliphatic rings. The van der Waals surface area contributed by atoms with Gasteiger partial charge in [-0.3, -0.25) is 4.90 Å². The van der Waals surface area contributed by atoms with Crippen molar-refractivity contribution >= 4 is 11.6 Å². The van der Waals surface area contributed by atoms with Gasteiger partial charge >= 0.3 is 0 Å². The van der Waals surface area contributed by atoms with E-state index >= 15 is 0 Å². The summed E-state index contributed by atoms with van der Waals surface area (Å²) >= 11 is 6.13. The van der Waals surface area contributed by atoms with E-state index in [4.69, 9.17) is 11.6 Å². The fourth-order valence-corrected chi connectivity index (χ4v) is 3.18. The SMILES string of the molecule is Fc1ccc(CN2CCc3nc(-c4cncnc4)ncc3C2)c(Cl)c1. The lowest BCUT2D eigenvalue weighted by Crippen LogP contribution is -2.31. The van der Waals surface area contributed by atoms with Crippen molar-refractivity contribution in [3.8, 4) is 11.4 Å². The summed E-state index contributed by atoms with van der Waals surface area (Å²) in [6.45, 7) is 2.28. The Kier molecular flexibility index (Phi) is 4.38. The maximum atomic E-state index is 13.2. The van der Waals surface area contributed by atoms with Crippen molar-refractivity contribution in [1.29, 1.82) is 0 Å². The van der Waals surface area contributed by atoms with E-state index in [1.54, 1.807) is 18.5 Å². The zero-order chi connectivity index (χ0) is 17.2. The maximum absolute atomic E-state index is 13.2. The molecule has 1 aliphatic heterocycles. The van der Waals surface area contributed by atoms with Crippen LogP contribution < -0.4 is 0 Å². The van der Waals surface area contributed by atoms with Crippen LogP contribution in [0.5, 0.6) is 0 Å². The topological polar surface area (TPSA) is 54.8 Å². The number of halogens is 2. The van der Waals surface area contributed by atoms with Gasteiger partial charge in [-0.2, -0.15) is 0 Å². The van der Waals surface area contributed by atoms with E-state index in [2.05, 4.69) is 24.8 Å². The number of nitrogens with zero attached hydrogens (tertiary/aromatic N) is 5. The third-order valence-electron chi connectivity index (χ3n) is 4.24. The second-order valence-electron chi connectivity index (χ2n) is 5.99. The summed E-state index contributed by atoms with van der Waals surface area (Å²) in [5.74, 6) is 0.331. The molecule has 126 valence electrons. The smallest absolute Gasteiger partial charge is 0.162 e. The van der Waals surface area contributed by atoms with E-state index in [-0.39, 0.29) is 5.82 Å². The number of fused-ring (bicyclic) bond motifs is 1. The summed E-state index contributed by atoms with van der Waals surface area (Å²) in [6, 6.07) is 4.53. The molecular formula is C18H15ClFN5.